The number of carbonyl (C=O) groups excluding carboxylic acids is 3. The fourth-order valence-corrected chi connectivity index (χ4v) is 7.25. The van der Waals surface area contributed by atoms with E-state index >= 15 is 0 Å². The summed E-state index contributed by atoms with van der Waals surface area (Å²) in [7, 11) is 1.65. The van der Waals surface area contributed by atoms with Gasteiger partial charge in [-0.15, -0.1) is 0 Å². The van der Waals surface area contributed by atoms with Crippen molar-refractivity contribution in [1.82, 2.24) is 25.8 Å². The highest BCUT2D eigenvalue weighted by molar-refractivity contribution is 7.99. The van der Waals surface area contributed by atoms with Gasteiger partial charge in [-0.3, -0.25) is 14.4 Å². The number of rotatable bonds is 9. The van der Waals surface area contributed by atoms with Gasteiger partial charge in [-0.2, -0.15) is 0 Å². The maximum Gasteiger partial charge on any atom is 0.245 e. The van der Waals surface area contributed by atoms with Gasteiger partial charge in [0.05, 0.1) is 6.04 Å². The van der Waals surface area contributed by atoms with Gasteiger partial charge >= 0.3 is 0 Å². The second kappa shape index (κ2) is 17.3. The molecule has 3 aromatic carbocycles. The van der Waals surface area contributed by atoms with E-state index in [0.29, 0.717) is 64.7 Å². The van der Waals surface area contributed by atoms with E-state index in [1.807, 2.05) is 66.9 Å². The molecule has 0 aliphatic carbocycles. The van der Waals surface area contributed by atoms with Crippen molar-refractivity contribution >= 4 is 40.4 Å². The number of likely N-dealkylation sites (N-methyl/N-ethyl adjacent to an activating group) is 1. The topological polar surface area (TPSA) is 158 Å². The Balaban J connectivity index is 1.49. The van der Waals surface area contributed by atoms with Crippen molar-refractivity contribution in [2.45, 2.75) is 79.5 Å². The summed E-state index contributed by atoms with van der Waals surface area (Å²) in [6.07, 6.45) is 5.01. The molecule has 5 rings (SSSR count). The third kappa shape index (κ3) is 8.84. The summed E-state index contributed by atoms with van der Waals surface area (Å²) in [5, 5.41) is 10.7. The Kier molecular flexibility index (Phi) is 12.7. The Morgan fingerprint density at radius 1 is 0.771 bits per heavy atom. The number of hydrogen-bond acceptors (Lipinski definition) is 7. The van der Waals surface area contributed by atoms with Crippen molar-refractivity contribution < 1.29 is 14.4 Å². The lowest BCUT2D eigenvalue weighted by Crippen LogP contribution is -2.56. The standard InChI is InChI=1S/C37H47N7O3S/c1-44-32(19-18-25-22-40-29-13-5-4-12-28(25)29)36(46)42-24-27-11-3-7-17-34(27)48-33-16-6-2-10-26(33)23-41-30(14-8-20-38)35(45)43-31(37(44)47)15-9-21-39/h2-7,10-13,16-17,22,30-32,40-41H,8-9,14-15,18-21,23-24,38-39H2,1H3,(H,42,46)(H,43,45)/t30-,31-,32-/m0/s1. The maximum absolute atomic E-state index is 14.2. The van der Waals surface area contributed by atoms with E-state index in [1.165, 1.54) is 4.90 Å². The first-order valence-electron chi connectivity index (χ1n) is 16.8. The van der Waals surface area contributed by atoms with Crippen LogP contribution in [0.5, 0.6) is 0 Å². The van der Waals surface area contributed by atoms with E-state index in [4.69, 9.17) is 11.5 Å². The van der Waals surface area contributed by atoms with E-state index in [-0.39, 0.29) is 17.7 Å². The second-order valence-corrected chi connectivity index (χ2v) is 13.3. The minimum absolute atomic E-state index is 0.249. The number of aromatic nitrogens is 1. The van der Waals surface area contributed by atoms with Gasteiger partial charge in [0, 0.05) is 47.0 Å². The summed E-state index contributed by atoms with van der Waals surface area (Å²) in [4.78, 5) is 49.0. The minimum Gasteiger partial charge on any atom is -0.361 e. The number of nitrogens with two attached hydrogens (primary N) is 2. The van der Waals surface area contributed by atoms with E-state index in [9.17, 15) is 14.4 Å². The predicted octanol–water partition coefficient (Wildman–Crippen LogP) is 3.83. The number of amides is 3. The number of aromatic amines is 1. The lowest BCUT2D eigenvalue weighted by atomic mass is 10.0. The summed E-state index contributed by atoms with van der Waals surface area (Å²) in [6, 6.07) is 22.0. The molecular formula is C37H47N7O3S. The number of carbonyl (C=O) groups is 3. The fraction of sp³-hybridized carbons (Fsp3) is 0.378. The van der Waals surface area contributed by atoms with Crippen molar-refractivity contribution in [3.05, 3.63) is 95.7 Å². The van der Waals surface area contributed by atoms with Crippen LogP contribution in [0.1, 0.15) is 48.8 Å². The summed E-state index contributed by atoms with van der Waals surface area (Å²) in [5.41, 5.74) is 15.8. The average Bonchev–Trinajstić information content (AvgIpc) is 3.52. The molecule has 0 bridgehead atoms. The Morgan fingerprint density at radius 3 is 2.10 bits per heavy atom. The highest BCUT2D eigenvalue weighted by Crippen LogP contribution is 2.33. The van der Waals surface area contributed by atoms with Crippen LogP contribution in [0.3, 0.4) is 0 Å². The molecule has 0 unspecified atom stereocenters. The normalized spacial score (nSPS) is 19.7. The number of nitrogens with one attached hydrogen (secondary N) is 4. The molecule has 1 aliphatic rings. The zero-order valence-corrected chi connectivity index (χ0v) is 28.4. The number of hydrogen-bond donors (Lipinski definition) is 6. The van der Waals surface area contributed by atoms with Crippen LogP contribution in [0, 0.1) is 0 Å². The quantitative estimate of drug-likeness (QED) is 0.158. The number of fused-ring (bicyclic) bond motifs is 3. The maximum atomic E-state index is 14.2. The molecule has 0 saturated carbocycles. The van der Waals surface area contributed by atoms with Gasteiger partial charge in [-0.1, -0.05) is 66.4 Å². The molecule has 11 heteroatoms. The Labute approximate surface area is 286 Å². The van der Waals surface area contributed by atoms with Gasteiger partial charge in [-0.25, -0.2) is 0 Å². The largest absolute Gasteiger partial charge is 0.361 e. The molecule has 0 radical (unpaired) electrons. The molecule has 2 heterocycles. The molecule has 10 nitrogen and oxygen atoms in total. The molecule has 254 valence electrons. The van der Waals surface area contributed by atoms with Crippen LogP contribution in [0.4, 0.5) is 0 Å². The van der Waals surface area contributed by atoms with Crippen LogP contribution in [-0.2, 0) is 33.9 Å². The van der Waals surface area contributed by atoms with Gasteiger partial charge in [0.25, 0.3) is 0 Å². The third-order valence-corrected chi connectivity index (χ3v) is 10.2. The molecule has 8 N–H and O–H groups in total. The van der Waals surface area contributed by atoms with Crippen molar-refractivity contribution in [2.24, 2.45) is 11.5 Å². The van der Waals surface area contributed by atoms with Gasteiger partial charge in [0.15, 0.2) is 0 Å². The van der Waals surface area contributed by atoms with Crippen molar-refractivity contribution in [3.63, 3.8) is 0 Å². The molecule has 3 atom stereocenters. The van der Waals surface area contributed by atoms with Crippen molar-refractivity contribution in [2.75, 3.05) is 20.1 Å². The molecule has 0 saturated heterocycles. The molecule has 1 aliphatic heterocycles. The molecule has 1 aromatic heterocycles. The molecular weight excluding hydrogens is 623 g/mol. The van der Waals surface area contributed by atoms with Crippen LogP contribution < -0.4 is 27.4 Å². The van der Waals surface area contributed by atoms with Crippen LogP contribution in [-0.4, -0.2) is 65.9 Å². The lowest BCUT2D eigenvalue weighted by molar-refractivity contribution is -0.142. The van der Waals surface area contributed by atoms with Gasteiger partial charge < -0.3 is 37.3 Å². The summed E-state index contributed by atoms with van der Waals surface area (Å²) in [5.74, 6) is -0.840. The SMILES string of the molecule is CN1C(=O)[C@H](CCCN)NC(=O)[C@H](CCCN)NCc2ccccc2Sc2ccccc2CNC(=O)[C@@H]1CCc1c[nH]c2ccccc12. The first kappa shape index (κ1) is 35.2. The molecule has 4 aromatic rings. The zero-order valence-electron chi connectivity index (χ0n) is 27.5. The first-order valence-corrected chi connectivity index (χ1v) is 17.6. The Bertz CT molecular complexity index is 1690. The Hall–Kier alpha value is -4.16. The first-order chi connectivity index (χ1) is 23.4. The molecule has 0 fully saturated rings. The van der Waals surface area contributed by atoms with Crippen LogP contribution in [0.25, 0.3) is 10.9 Å². The summed E-state index contributed by atoms with van der Waals surface area (Å²) < 4.78 is 0. The zero-order chi connectivity index (χ0) is 33.9. The van der Waals surface area contributed by atoms with E-state index < -0.39 is 18.1 Å². The van der Waals surface area contributed by atoms with E-state index in [2.05, 4.69) is 33.1 Å². The van der Waals surface area contributed by atoms with Crippen LogP contribution in [0.2, 0.25) is 0 Å². The van der Waals surface area contributed by atoms with Gasteiger partial charge in [0.2, 0.25) is 17.7 Å². The van der Waals surface area contributed by atoms with Gasteiger partial charge in [-0.05, 0) is 86.5 Å². The van der Waals surface area contributed by atoms with Crippen LogP contribution >= 0.6 is 11.8 Å². The molecule has 48 heavy (non-hydrogen) atoms. The number of para-hydroxylation sites is 1. The number of aryl methyl sites for hydroxylation is 1. The van der Waals surface area contributed by atoms with Crippen molar-refractivity contribution in [3.8, 4) is 0 Å². The summed E-state index contributed by atoms with van der Waals surface area (Å²) in [6.45, 7) is 1.58. The van der Waals surface area contributed by atoms with E-state index in [1.54, 1.807) is 18.8 Å². The van der Waals surface area contributed by atoms with E-state index in [0.717, 1.165) is 37.4 Å². The second-order valence-electron chi connectivity index (χ2n) is 12.3. The summed E-state index contributed by atoms with van der Waals surface area (Å²) >= 11 is 1.63. The third-order valence-electron chi connectivity index (χ3n) is 8.96. The molecule has 0 spiro atoms. The van der Waals surface area contributed by atoms with Crippen LogP contribution in [0.15, 0.2) is 88.8 Å². The predicted molar refractivity (Wildman–Crippen MR) is 191 cm³/mol. The smallest absolute Gasteiger partial charge is 0.245 e. The monoisotopic (exact) mass is 669 g/mol. The number of H-pyrrole nitrogens is 1. The van der Waals surface area contributed by atoms with Gasteiger partial charge in [0.1, 0.15) is 12.1 Å². The van der Waals surface area contributed by atoms with Crippen molar-refractivity contribution in [1.29, 1.82) is 0 Å². The minimum atomic E-state index is -0.837. The fourth-order valence-electron chi connectivity index (χ4n) is 6.18. The highest BCUT2D eigenvalue weighted by Gasteiger charge is 2.33. The molecule has 3 amide bonds. The Morgan fingerprint density at radius 2 is 1.40 bits per heavy atom. The lowest BCUT2D eigenvalue weighted by Gasteiger charge is -2.32. The number of benzene rings is 3. The average molecular weight is 670 g/mol. The number of nitrogens with zero attached hydrogens (tertiary/aromatic N) is 1. The highest BCUT2D eigenvalue weighted by atomic mass is 32.2.